The molecule has 0 aliphatic carbocycles. The lowest BCUT2D eigenvalue weighted by atomic mass is 10.0. The van der Waals surface area contributed by atoms with E-state index in [0.29, 0.717) is 17.4 Å². The summed E-state index contributed by atoms with van der Waals surface area (Å²) in [6, 6.07) is -0.856. The van der Waals surface area contributed by atoms with Crippen LogP contribution in [-0.2, 0) is 27.9 Å². The van der Waals surface area contributed by atoms with Crippen LogP contribution < -0.4 is 5.32 Å². The molecule has 436 valence electrons. The smallest absolute Gasteiger partial charge is 0.456 e. The highest BCUT2D eigenvalue weighted by atomic mass is 31.2. The number of ether oxygens (including phenoxy) is 1. The fourth-order valence-electron chi connectivity index (χ4n) is 8.73. The second kappa shape index (κ2) is 54.8. The number of nitrogens with one attached hydrogen (secondary N) is 1. The summed E-state index contributed by atoms with van der Waals surface area (Å²) in [5, 5.41) is 3.05. The van der Waals surface area contributed by atoms with E-state index in [4.69, 9.17) is 13.8 Å². The van der Waals surface area contributed by atoms with Crippen LogP contribution >= 0.6 is 7.82 Å². The molecule has 0 aromatic heterocycles. The summed E-state index contributed by atoms with van der Waals surface area (Å²) in [7, 11) is 1.48. The number of rotatable bonds is 56. The van der Waals surface area contributed by atoms with Gasteiger partial charge in [-0.15, -0.1) is 0 Å². The van der Waals surface area contributed by atoms with Crippen LogP contribution in [-0.4, -0.2) is 74.3 Å². The second-order valence-electron chi connectivity index (χ2n) is 22.2. The van der Waals surface area contributed by atoms with Crippen molar-refractivity contribution in [1.29, 1.82) is 0 Å². The average Bonchev–Trinajstić information content (AvgIpc) is 3.37. The Balaban J connectivity index is 5.14. The highest BCUT2D eigenvalue weighted by molar-refractivity contribution is 7.47. The number of phosphoric acid groups is 1. The summed E-state index contributed by atoms with van der Waals surface area (Å²) >= 11 is 0. The number of hydrogen-bond acceptors (Lipinski definition) is 6. The Labute approximate surface area is 463 Å². The molecule has 2 N–H and O–H groups in total. The Hall–Kier alpha value is -2.55. The lowest BCUT2D eigenvalue weighted by Crippen LogP contribution is -2.47. The maximum atomic E-state index is 13.5. The summed E-state index contributed by atoms with van der Waals surface area (Å²) in [4.78, 5) is 37.6. The van der Waals surface area contributed by atoms with Gasteiger partial charge in [0, 0.05) is 12.8 Å². The van der Waals surface area contributed by atoms with E-state index in [1.54, 1.807) is 0 Å². The molecule has 0 fully saturated rings. The van der Waals surface area contributed by atoms with Crippen molar-refractivity contribution in [2.75, 3.05) is 40.9 Å². The van der Waals surface area contributed by atoms with Crippen LogP contribution in [0, 0.1) is 0 Å². The van der Waals surface area contributed by atoms with Crippen molar-refractivity contribution >= 4 is 19.7 Å². The molecule has 0 aliphatic heterocycles. The minimum Gasteiger partial charge on any atom is -0.456 e. The van der Waals surface area contributed by atoms with Crippen LogP contribution in [0.15, 0.2) is 72.9 Å². The van der Waals surface area contributed by atoms with Gasteiger partial charge in [-0.3, -0.25) is 18.6 Å². The zero-order valence-corrected chi connectivity index (χ0v) is 50.7. The molecule has 0 aromatic rings. The van der Waals surface area contributed by atoms with E-state index in [-0.39, 0.29) is 31.5 Å². The Morgan fingerprint density at radius 3 is 1.29 bits per heavy atom. The number of esters is 1. The molecule has 0 saturated carbocycles. The van der Waals surface area contributed by atoms with Gasteiger partial charge in [0.1, 0.15) is 19.3 Å². The first-order chi connectivity index (χ1) is 36.4. The lowest BCUT2D eigenvalue weighted by Gasteiger charge is -2.27. The molecule has 1 amide bonds. The maximum Gasteiger partial charge on any atom is 0.472 e. The third-order valence-electron chi connectivity index (χ3n) is 13.6. The quantitative estimate of drug-likeness (QED) is 0.0205. The molecule has 0 aromatic carbocycles. The highest BCUT2D eigenvalue weighted by Crippen LogP contribution is 2.43. The van der Waals surface area contributed by atoms with Gasteiger partial charge < -0.3 is 19.4 Å². The molecule has 10 heteroatoms. The molecular weight excluding hydrogens is 952 g/mol. The van der Waals surface area contributed by atoms with E-state index < -0.39 is 20.0 Å². The summed E-state index contributed by atoms with van der Waals surface area (Å²) < 4.78 is 30.6. The van der Waals surface area contributed by atoms with Crippen LogP contribution in [0.3, 0.4) is 0 Å². The molecule has 0 radical (unpaired) electrons. The Bertz CT molecular complexity index is 1510. The molecular formula is C65H120N2O7P+. The topological polar surface area (TPSA) is 111 Å². The summed E-state index contributed by atoms with van der Waals surface area (Å²) in [6.45, 7) is 6.94. The molecule has 0 bridgehead atoms. The lowest BCUT2D eigenvalue weighted by molar-refractivity contribution is -0.870. The minimum atomic E-state index is -4.45. The molecule has 0 spiro atoms. The number of quaternary nitrogens is 1. The van der Waals surface area contributed by atoms with Crippen molar-refractivity contribution < 1.29 is 37.3 Å². The molecule has 3 unspecified atom stereocenters. The van der Waals surface area contributed by atoms with Gasteiger partial charge in [-0.2, -0.15) is 0 Å². The van der Waals surface area contributed by atoms with Crippen molar-refractivity contribution in [3.05, 3.63) is 72.9 Å². The number of hydrogen-bond donors (Lipinski definition) is 2. The van der Waals surface area contributed by atoms with Gasteiger partial charge in [0.2, 0.25) is 5.91 Å². The van der Waals surface area contributed by atoms with Crippen LogP contribution in [0.2, 0.25) is 0 Å². The number of allylic oxidation sites excluding steroid dienone is 11. The van der Waals surface area contributed by atoms with Crippen molar-refractivity contribution in [2.45, 2.75) is 290 Å². The van der Waals surface area contributed by atoms with Crippen LogP contribution in [0.5, 0.6) is 0 Å². The fourth-order valence-corrected chi connectivity index (χ4v) is 9.46. The zero-order chi connectivity index (χ0) is 55.0. The van der Waals surface area contributed by atoms with Crippen molar-refractivity contribution in [3.63, 3.8) is 0 Å². The fraction of sp³-hybridized carbons (Fsp3) is 0.785. The number of carbonyl (C=O) groups excluding carboxylic acids is 2. The second-order valence-corrected chi connectivity index (χ2v) is 23.7. The van der Waals surface area contributed by atoms with Crippen molar-refractivity contribution in [2.24, 2.45) is 0 Å². The Morgan fingerprint density at radius 2 is 0.827 bits per heavy atom. The number of unbranched alkanes of at least 4 members (excludes halogenated alkanes) is 30. The van der Waals surface area contributed by atoms with Crippen LogP contribution in [0.4, 0.5) is 0 Å². The van der Waals surface area contributed by atoms with Gasteiger partial charge in [-0.05, 0) is 96.0 Å². The minimum absolute atomic E-state index is 0.0357. The zero-order valence-electron chi connectivity index (χ0n) is 49.8. The molecule has 75 heavy (non-hydrogen) atoms. The van der Waals surface area contributed by atoms with E-state index in [9.17, 15) is 19.0 Å². The number of carbonyl (C=O) groups is 2. The van der Waals surface area contributed by atoms with Crippen LogP contribution in [0.25, 0.3) is 0 Å². The van der Waals surface area contributed by atoms with Gasteiger partial charge in [-0.25, -0.2) is 4.57 Å². The number of nitrogens with zero attached hydrogens (tertiary/aromatic N) is 1. The third kappa shape index (κ3) is 56.0. The first-order valence-corrected chi connectivity index (χ1v) is 32.8. The molecule has 0 aliphatic rings. The monoisotopic (exact) mass is 1070 g/mol. The summed E-state index contributed by atoms with van der Waals surface area (Å²) in [6.07, 6.45) is 70.4. The maximum absolute atomic E-state index is 13.5. The molecule has 0 saturated heterocycles. The van der Waals surface area contributed by atoms with E-state index in [1.807, 2.05) is 33.3 Å². The van der Waals surface area contributed by atoms with E-state index in [2.05, 4.69) is 86.8 Å². The first kappa shape index (κ1) is 72.5. The number of phosphoric ester groups is 1. The SMILES string of the molecule is CCCC/C=C\CCCCCCCC(=O)OC(/C=C/CCCCCCCCCCCCC)C(COP(=O)(O)OCC[N+](C)(C)C)NC(=O)CCCCCCCCCCC/C=C\C/C=C\C/C=C\C/C=C\CCCCC. The third-order valence-corrected chi connectivity index (χ3v) is 14.6. The first-order valence-electron chi connectivity index (χ1n) is 31.3. The highest BCUT2D eigenvalue weighted by Gasteiger charge is 2.30. The standard InChI is InChI=1S/C65H119N2O7P/c1-7-10-13-16-19-22-25-27-28-29-30-31-32-33-34-35-36-37-38-40-43-45-48-51-54-57-64(68)66-62(61-73-75(70,71)72-60-59-67(4,5)6)63(56-53-50-47-44-42-39-26-23-20-17-14-11-8-2)74-65(69)58-55-52-49-46-41-24-21-18-15-12-9-3/h18-19,21-22,27-28,30-31,33-34,53,56,62-63H,7-17,20,23-26,29,32,35-52,54-55,57-61H2,1-6H3,(H-,66,68,70,71)/p+1/b21-18-,22-19-,28-27-,31-30-,34-33-,56-53+. The van der Waals surface area contributed by atoms with E-state index >= 15 is 0 Å². The predicted molar refractivity (Wildman–Crippen MR) is 323 cm³/mol. The van der Waals surface area contributed by atoms with E-state index in [1.165, 1.54) is 128 Å². The number of amides is 1. The van der Waals surface area contributed by atoms with Crippen molar-refractivity contribution in [3.8, 4) is 0 Å². The molecule has 0 rings (SSSR count). The van der Waals surface area contributed by atoms with Gasteiger partial charge in [0.25, 0.3) is 0 Å². The molecule has 0 heterocycles. The Morgan fingerprint density at radius 1 is 0.467 bits per heavy atom. The number of likely N-dealkylation sites (N-methyl/N-ethyl adjacent to an activating group) is 1. The molecule has 9 nitrogen and oxygen atoms in total. The average molecular weight is 1070 g/mol. The summed E-state index contributed by atoms with van der Waals surface area (Å²) in [5.74, 6) is -0.521. The Kier molecular flexibility index (Phi) is 52.9. The van der Waals surface area contributed by atoms with Gasteiger partial charge in [0.15, 0.2) is 0 Å². The summed E-state index contributed by atoms with van der Waals surface area (Å²) in [5.41, 5.74) is 0. The predicted octanol–water partition coefficient (Wildman–Crippen LogP) is 19.2. The largest absolute Gasteiger partial charge is 0.472 e. The van der Waals surface area contributed by atoms with Crippen LogP contribution in [0.1, 0.15) is 278 Å². The van der Waals surface area contributed by atoms with Gasteiger partial charge >= 0.3 is 13.8 Å². The normalized spacial score (nSPS) is 14.2. The molecule has 3 atom stereocenters. The van der Waals surface area contributed by atoms with Gasteiger partial charge in [-0.1, -0.05) is 242 Å². The van der Waals surface area contributed by atoms with E-state index in [0.717, 1.165) is 116 Å². The van der Waals surface area contributed by atoms with Crippen molar-refractivity contribution in [1.82, 2.24) is 5.32 Å². The van der Waals surface area contributed by atoms with Gasteiger partial charge in [0.05, 0.1) is 33.8 Å².